The number of piperidine rings is 1. The lowest BCUT2D eigenvalue weighted by Crippen LogP contribution is -2.40. The number of para-hydroxylation sites is 1. The molecule has 2 aromatic rings. The number of rotatable bonds is 9. The first-order valence-corrected chi connectivity index (χ1v) is 11.6. The minimum atomic E-state index is 0. The summed E-state index contributed by atoms with van der Waals surface area (Å²) in [6.07, 6.45) is 5.24. The van der Waals surface area contributed by atoms with Crippen LogP contribution >= 0.6 is 24.0 Å². The first-order valence-electron chi connectivity index (χ1n) is 11.6. The van der Waals surface area contributed by atoms with Crippen molar-refractivity contribution in [2.24, 2.45) is 10.9 Å². The molecule has 2 heterocycles. The van der Waals surface area contributed by atoms with Crippen LogP contribution < -0.4 is 16.4 Å². The summed E-state index contributed by atoms with van der Waals surface area (Å²) in [5.74, 6) is 2.08. The van der Waals surface area contributed by atoms with E-state index in [0.29, 0.717) is 17.8 Å². The third-order valence-corrected chi connectivity index (χ3v) is 6.03. The topological polar surface area (TPSA) is 107 Å². The van der Waals surface area contributed by atoms with Crippen LogP contribution in [0.1, 0.15) is 43.9 Å². The molecule has 8 nitrogen and oxygen atoms in total. The molecule has 0 bridgehead atoms. The first kappa shape index (κ1) is 26.9. The van der Waals surface area contributed by atoms with E-state index in [2.05, 4.69) is 38.6 Å². The number of nitrogens with two attached hydrogens (primary N) is 1. The maximum Gasteiger partial charge on any atom is 0.190 e. The maximum atomic E-state index is 9.54. The van der Waals surface area contributed by atoms with Crippen molar-refractivity contribution in [2.75, 3.05) is 45.5 Å². The molecule has 4 N–H and O–H groups in total. The summed E-state index contributed by atoms with van der Waals surface area (Å²) in [6, 6.07) is 11.9. The molecule has 3 rings (SSSR count). The molecule has 1 aliphatic rings. The SMILES string of the molecule is CN=C(NCCCc1nn(-c2ccccc2)c(N)c1C#N)NCCCN1CCC(C)CC1.I. The van der Waals surface area contributed by atoms with Crippen molar-refractivity contribution in [1.82, 2.24) is 25.3 Å². The number of aromatic nitrogens is 2. The van der Waals surface area contributed by atoms with Gasteiger partial charge in [0.15, 0.2) is 5.96 Å². The number of likely N-dealkylation sites (tertiary alicyclic amines) is 1. The zero-order valence-corrected chi connectivity index (χ0v) is 22.1. The van der Waals surface area contributed by atoms with Gasteiger partial charge in [-0.1, -0.05) is 25.1 Å². The molecular formula is C24H37IN8. The van der Waals surface area contributed by atoms with Gasteiger partial charge in [-0.3, -0.25) is 4.99 Å². The van der Waals surface area contributed by atoms with E-state index in [9.17, 15) is 5.26 Å². The summed E-state index contributed by atoms with van der Waals surface area (Å²) >= 11 is 0. The number of halogens is 1. The number of aliphatic imine (C=N–C) groups is 1. The number of nitrogens with one attached hydrogen (secondary N) is 2. The predicted octanol–water partition coefficient (Wildman–Crippen LogP) is 3.16. The normalized spacial score (nSPS) is 15.0. The molecule has 1 aromatic carbocycles. The van der Waals surface area contributed by atoms with E-state index in [1.165, 1.54) is 25.9 Å². The van der Waals surface area contributed by atoms with Gasteiger partial charge in [-0.25, -0.2) is 4.68 Å². The number of nitriles is 1. The van der Waals surface area contributed by atoms with E-state index in [-0.39, 0.29) is 24.0 Å². The standard InChI is InChI=1S/C24H36N8.HI/c1-19-11-16-31(17-12-19)15-7-14-29-24(27-2)28-13-6-10-22-21(18-25)23(26)32(30-22)20-8-4-3-5-9-20;/h3-5,8-9,19H,6-7,10-17,26H2,1-2H3,(H2,27,28,29);1H. The van der Waals surface area contributed by atoms with Crippen LogP contribution in [0, 0.1) is 17.2 Å². The molecule has 1 aliphatic heterocycles. The van der Waals surface area contributed by atoms with E-state index in [0.717, 1.165) is 55.7 Å². The fourth-order valence-electron chi connectivity index (χ4n) is 4.02. The monoisotopic (exact) mass is 564 g/mol. The average Bonchev–Trinajstić information content (AvgIpc) is 3.14. The Labute approximate surface area is 214 Å². The van der Waals surface area contributed by atoms with Crippen molar-refractivity contribution in [3.63, 3.8) is 0 Å². The summed E-state index contributed by atoms with van der Waals surface area (Å²) < 4.78 is 1.64. The zero-order chi connectivity index (χ0) is 22.8. The Kier molecular flexibility index (Phi) is 11.5. The lowest BCUT2D eigenvalue weighted by atomic mass is 9.99. The Morgan fingerprint density at radius 1 is 1.18 bits per heavy atom. The van der Waals surface area contributed by atoms with Gasteiger partial charge in [0, 0.05) is 20.1 Å². The van der Waals surface area contributed by atoms with E-state index in [1.54, 1.807) is 11.7 Å². The van der Waals surface area contributed by atoms with Gasteiger partial charge in [-0.15, -0.1) is 24.0 Å². The Bertz CT molecular complexity index is 911. The van der Waals surface area contributed by atoms with Crippen LogP contribution in [0.2, 0.25) is 0 Å². The fourth-order valence-corrected chi connectivity index (χ4v) is 4.02. The predicted molar refractivity (Wildman–Crippen MR) is 145 cm³/mol. The lowest BCUT2D eigenvalue weighted by Gasteiger charge is -2.30. The molecule has 180 valence electrons. The van der Waals surface area contributed by atoms with E-state index in [4.69, 9.17) is 5.73 Å². The maximum absolute atomic E-state index is 9.54. The average molecular weight is 565 g/mol. The minimum Gasteiger partial charge on any atom is -0.382 e. The number of benzene rings is 1. The molecule has 1 fully saturated rings. The molecule has 1 saturated heterocycles. The van der Waals surface area contributed by atoms with Gasteiger partial charge in [-0.05, 0) is 69.8 Å². The van der Waals surface area contributed by atoms with Crippen molar-refractivity contribution >= 4 is 35.8 Å². The lowest BCUT2D eigenvalue weighted by molar-refractivity contribution is 0.191. The largest absolute Gasteiger partial charge is 0.382 e. The zero-order valence-electron chi connectivity index (χ0n) is 19.8. The number of hydrogen-bond donors (Lipinski definition) is 3. The van der Waals surface area contributed by atoms with Crippen LogP contribution in [0.5, 0.6) is 0 Å². The van der Waals surface area contributed by atoms with Gasteiger partial charge in [0.05, 0.1) is 11.4 Å². The Balaban J connectivity index is 0.00000385. The molecular weight excluding hydrogens is 527 g/mol. The smallest absolute Gasteiger partial charge is 0.190 e. The van der Waals surface area contributed by atoms with Crippen LogP contribution in [-0.4, -0.2) is 60.4 Å². The van der Waals surface area contributed by atoms with Crippen molar-refractivity contribution in [3.05, 3.63) is 41.6 Å². The van der Waals surface area contributed by atoms with Gasteiger partial charge in [-0.2, -0.15) is 10.4 Å². The second-order valence-electron chi connectivity index (χ2n) is 8.47. The highest BCUT2D eigenvalue weighted by Crippen LogP contribution is 2.21. The molecule has 0 atom stereocenters. The fraction of sp³-hybridized carbons (Fsp3) is 0.542. The molecule has 33 heavy (non-hydrogen) atoms. The highest BCUT2D eigenvalue weighted by molar-refractivity contribution is 14.0. The van der Waals surface area contributed by atoms with Crippen molar-refractivity contribution in [2.45, 2.75) is 39.0 Å². The van der Waals surface area contributed by atoms with E-state index < -0.39 is 0 Å². The van der Waals surface area contributed by atoms with Crippen LogP contribution in [0.4, 0.5) is 5.82 Å². The second kappa shape index (κ2) is 14.1. The number of hydrogen-bond acceptors (Lipinski definition) is 5. The van der Waals surface area contributed by atoms with Crippen molar-refractivity contribution in [3.8, 4) is 11.8 Å². The Hall–Kier alpha value is -2.32. The molecule has 1 aromatic heterocycles. The quantitative estimate of drug-likeness (QED) is 0.187. The van der Waals surface area contributed by atoms with Crippen molar-refractivity contribution in [1.29, 1.82) is 5.26 Å². The second-order valence-corrected chi connectivity index (χ2v) is 8.47. The van der Waals surface area contributed by atoms with Crippen molar-refractivity contribution < 1.29 is 0 Å². The summed E-state index contributed by atoms with van der Waals surface area (Å²) in [4.78, 5) is 6.87. The number of nitrogen functional groups attached to an aromatic ring is 1. The Morgan fingerprint density at radius 2 is 1.85 bits per heavy atom. The number of nitrogens with zero attached hydrogens (tertiary/aromatic N) is 5. The molecule has 9 heteroatoms. The first-order chi connectivity index (χ1) is 15.6. The molecule has 0 saturated carbocycles. The van der Waals surface area contributed by atoms with Gasteiger partial charge in [0.2, 0.25) is 0 Å². The molecule has 0 aliphatic carbocycles. The van der Waals surface area contributed by atoms with Crippen LogP contribution in [0.3, 0.4) is 0 Å². The minimum absolute atomic E-state index is 0. The van der Waals surface area contributed by atoms with Gasteiger partial charge in [0.25, 0.3) is 0 Å². The van der Waals surface area contributed by atoms with Crippen LogP contribution in [-0.2, 0) is 6.42 Å². The van der Waals surface area contributed by atoms with E-state index in [1.807, 2.05) is 30.3 Å². The summed E-state index contributed by atoms with van der Waals surface area (Å²) in [7, 11) is 1.79. The number of anilines is 1. The highest BCUT2D eigenvalue weighted by Gasteiger charge is 2.16. The Morgan fingerprint density at radius 3 is 2.48 bits per heavy atom. The number of guanidine groups is 1. The summed E-state index contributed by atoms with van der Waals surface area (Å²) in [5, 5.41) is 20.9. The summed E-state index contributed by atoms with van der Waals surface area (Å²) in [6.45, 7) is 7.58. The molecule has 0 amide bonds. The van der Waals surface area contributed by atoms with Gasteiger partial charge >= 0.3 is 0 Å². The van der Waals surface area contributed by atoms with Gasteiger partial charge < -0.3 is 21.3 Å². The third kappa shape index (κ3) is 7.89. The number of aryl methyl sites for hydroxylation is 1. The molecule has 0 radical (unpaired) electrons. The highest BCUT2D eigenvalue weighted by atomic mass is 127. The van der Waals surface area contributed by atoms with Gasteiger partial charge in [0.1, 0.15) is 17.5 Å². The summed E-state index contributed by atoms with van der Waals surface area (Å²) in [5.41, 5.74) is 8.23. The van der Waals surface area contributed by atoms with Crippen LogP contribution in [0.25, 0.3) is 5.69 Å². The van der Waals surface area contributed by atoms with E-state index >= 15 is 0 Å². The van der Waals surface area contributed by atoms with Crippen LogP contribution in [0.15, 0.2) is 35.3 Å². The third-order valence-electron chi connectivity index (χ3n) is 6.03. The molecule has 0 spiro atoms. The molecule has 0 unspecified atom stereocenters.